The van der Waals surface area contributed by atoms with Gasteiger partial charge in [-0.2, -0.15) is 0 Å². The first kappa shape index (κ1) is 15.0. The molecule has 0 unspecified atom stereocenters. The van der Waals surface area contributed by atoms with Gasteiger partial charge in [0.25, 0.3) is 5.91 Å². The van der Waals surface area contributed by atoms with Gasteiger partial charge in [0.15, 0.2) is 0 Å². The molecule has 2 aromatic rings. The first-order chi connectivity index (χ1) is 10.7. The fourth-order valence-electron chi connectivity index (χ4n) is 3.00. The van der Waals surface area contributed by atoms with Crippen molar-refractivity contribution >= 4 is 16.7 Å². The third-order valence-electron chi connectivity index (χ3n) is 4.26. The topological polar surface area (TPSA) is 55.6 Å². The number of hydrogen-bond donors (Lipinski definition) is 1. The molecule has 1 fully saturated rings. The predicted molar refractivity (Wildman–Crippen MR) is 87.4 cm³/mol. The summed E-state index contributed by atoms with van der Waals surface area (Å²) in [6.45, 7) is 1.08. The lowest BCUT2D eigenvalue weighted by atomic mass is 10.1. The normalized spacial score (nSPS) is 21.2. The highest BCUT2D eigenvalue weighted by Gasteiger charge is 2.31. The highest BCUT2D eigenvalue weighted by atomic mass is 16.5. The lowest BCUT2D eigenvalue weighted by Crippen LogP contribution is -2.36. The van der Waals surface area contributed by atoms with Crippen LogP contribution in [0.5, 0.6) is 0 Å². The zero-order valence-electron chi connectivity index (χ0n) is 12.9. The Balaban J connectivity index is 1.67. The Kier molecular flexibility index (Phi) is 4.41. The largest absolute Gasteiger partial charge is 0.364 e. The molecule has 4 nitrogen and oxygen atoms in total. The Hall–Kier alpha value is -1.91. The quantitative estimate of drug-likeness (QED) is 0.942. The minimum absolute atomic E-state index is 0.0306. The van der Waals surface area contributed by atoms with Crippen LogP contribution in [0.4, 0.5) is 0 Å². The molecule has 116 valence electrons. The average molecular weight is 298 g/mol. The van der Waals surface area contributed by atoms with Gasteiger partial charge in [-0.25, -0.2) is 0 Å². The zero-order chi connectivity index (χ0) is 15.5. The molecule has 4 heteroatoms. The molecule has 1 aliphatic heterocycles. The molecule has 1 saturated heterocycles. The van der Waals surface area contributed by atoms with Gasteiger partial charge in [0.05, 0.1) is 6.10 Å². The van der Waals surface area contributed by atoms with Gasteiger partial charge in [0.2, 0.25) is 0 Å². The molecular formula is C18H22N2O2. The maximum absolute atomic E-state index is 12.4. The molecule has 2 aromatic carbocycles. The number of hydrogen-bond acceptors (Lipinski definition) is 3. The predicted octanol–water partition coefficient (Wildman–Crippen LogP) is 2.30. The molecule has 1 amide bonds. The van der Waals surface area contributed by atoms with Crippen molar-refractivity contribution in [2.24, 2.45) is 5.73 Å². The number of ether oxygens (including phenoxy) is 1. The third kappa shape index (κ3) is 3.13. The Labute approximate surface area is 130 Å². The van der Waals surface area contributed by atoms with Crippen molar-refractivity contribution in [3.8, 4) is 0 Å². The van der Waals surface area contributed by atoms with E-state index in [-0.39, 0.29) is 18.1 Å². The summed E-state index contributed by atoms with van der Waals surface area (Å²) in [4.78, 5) is 14.2. The average Bonchev–Trinajstić information content (AvgIpc) is 3.03. The summed E-state index contributed by atoms with van der Waals surface area (Å²) in [7, 11) is 1.83. The number of nitrogens with two attached hydrogens (primary N) is 1. The van der Waals surface area contributed by atoms with Crippen molar-refractivity contribution in [2.75, 3.05) is 13.6 Å². The Morgan fingerprint density at radius 1 is 1.23 bits per heavy atom. The van der Waals surface area contributed by atoms with E-state index in [0.29, 0.717) is 13.1 Å². The number of nitrogens with zero attached hydrogens (tertiary/aromatic N) is 1. The lowest BCUT2D eigenvalue weighted by Gasteiger charge is -2.21. The summed E-state index contributed by atoms with van der Waals surface area (Å²) in [6, 6.07) is 14.5. The van der Waals surface area contributed by atoms with Crippen LogP contribution in [0.1, 0.15) is 18.4 Å². The summed E-state index contributed by atoms with van der Waals surface area (Å²) >= 11 is 0. The number of rotatable bonds is 4. The van der Waals surface area contributed by atoms with Crippen LogP contribution < -0.4 is 5.73 Å². The lowest BCUT2D eigenvalue weighted by molar-refractivity contribution is -0.141. The minimum Gasteiger partial charge on any atom is -0.364 e. The van der Waals surface area contributed by atoms with Crippen LogP contribution in [0.15, 0.2) is 42.5 Å². The molecule has 0 bridgehead atoms. The fourth-order valence-corrected chi connectivity index (χ4v) is 3.00. The highest BCUT2D eigenvalue weighted by molar-refractivity contribution is 5.83. The molecular weight excluding hydrogens is 276 g/mol. The van der Waals surface area contributed by atoms with Crippen LogP contribution in [0.25, 0.3) is 10.8 Å². The van der Waals surface area contributed by atoms with Gasteiger partial charge in [-0.05, 0) is 35.2 Å². The maximum atomic E-state index is 12.4. The molecule has 0 saturated carbocycles. The Morgan fingerprint density at radius 2 is 2.00 bits per heavy atom. The second-order valence-corrected chi connectivity index (χ2v) is 5.94. The van der Waals surface area contributed by atoms with Crippen LogP contribution in [-0.4, -0.2) is 36.6 Å². The van der Waals surface area contributed by atoms with E-state index in [1.807, 2.05) is 19.2 Å². The van der Waals surface area contributed by atoms with Crippen molar-refractivity contribution in [1.29, 1.82) is 0 Å². The maximum Gasteiger partial charge on any atom is 0.251 e. The highest BCUT2D eigenvalue weighted by Crippen LogP contribution is 2.22. The molecule has 22 heavy (non-hydrogen) atoms. The molecule has 0 radical (unpaired) electrons. The number of carbonyl (C=O) groups is 1. The number of fused-ring (bicyclic) bond motifs is 1. The minimum atomic E-state index is -0.334. The van der Waals surface area contributed by atoms with Crippen LogP contribution in [-0.2, 0) is 16.1 Å². The zero-order valence-corrected chi connectivity index (χ0v) is 12.9. The van der Waals surface area contributed by atoms with E-state index in [0.717, 1.165) is 18.4 Å². The fraction of sp³-hybridized carbons (Fsp3) is 0.389. The number of benzene rings is 2. The van der Waals surface area contributed by atoms with Gasteiger partial charge in [-0.15, -0.1) is 0 Å². The number of carbonyl (C=O) groups excluding carboxylic acids is 1. The number of amides is 1. The molecule has 0 spiro atoms. The first-order valence-electron chi connectivity index (χ1n) is 7.75. The van der Waals surface area contributed by atoms with E-state index in [2.05, 4.69) is 30.3 Å². The van der Waals surface area contributed by atoms with E-state index < -0.39 is 0 Å². The molecule has 2 N–H and O–H groups in total. The van der Waals surface area contributed by atoms with Gasteiger partial charge in [-0.1, -0.05) is 36.4 Å². The smallest absolute Gasteiger partial charge is 0.251 e. The van der Waals surface area contributed by atoms with Crippen LogP contribution in [0.2, 0.25) is 0 Å². The summed E-state index contributed by atoms with van der Waals surface area (Å²) in [5.74, 6) is 0.0455. The summed E-state index contributed by atoms with van der Waals surface area (Å²) in [6.07, 6.45) is 1.33. The number of likely N-dealkylation sites (N-methyl/N-ethyl adjacent to an activating group) is 1. The summed E-state index contributed by atoms with van der Waals surface area (Å²) < 4.78 is 5.69. The van der Waals surface area contributed by atoms with Gasteiger partial charge in [-0.3, -0.25) is 4.79 Å². The van der Waals surface area contributed by atoms with Gasteiger partial charge < -0.3 is 15.4 Å². The van der Waals surface area contributed by atoms with Crippen molar-refractivity contribution in [3.05, 3.63) is 48.0 Å². The molecule has 3 rings (SSSR count). The van der Waals surface area contributed by atoms with Gasteiger partial charge in [0.1, 0.15) is 6.10 Å². The monoisotopic (exact) mass is 298 g/mol. The van der Waals surface area contributed by atoms with E-state index in [4.69, 9.17) is 10.5 Å². The van der Waals surface area contributed by atoms with Gasteiger partial charge >= 0.3 is 0 Å². The van der Waals surface area contributed by atoms with Crippen LogP contribution in [0, 0.1) is 0 Å². The van der Waals surface area contributed by atoms with E-state index in [1.54, 1.807) is 4.90 Å². The summed E-state index contributed by atoms with van der Waals surface area (Å²) in [5.41, 5.74) is 6.73. The molecule has 2 atom stereocenters. The first-order valence-corrected chi connectivity index (χ1v) is 7.75. The third-order valence-corrected chi connectivity index (χ3v) is 4.26. The van der Waals surface area contributed by atoms with E-state index in [9.17, 15) is 4.79 Å². The molecule has 0 aliphatic carbocycles. The Morgan fingerprint density at radius 3 is 2.73 bits per heavy atom. The molecule has 1 heterocycles. The second-order valence-electron chi connectivity index (χ2n) is 5.94. The van der Waals surface area contributed by atoms with Crippen LogP contribution in [0.3, 0.4) is 0 Å². The standard InChI is InChI=1S/C18H22N2O2/c1-20(18(21)17-9-8-16(11-19)22-17)12-13-6-7-14-4-2-3-5-15(14)10-13/h2-7,10,16-17H,8-9,11-12,19H2,1H3/t16-,17+/m1/s1. The van der Waals surface area contributed by atoms with Crippen molar-refractivity contribution < 1.29 is 9.53 Å². The second kappa shape index (κ2) is 6.46. The van der Waals surface area contributed by atoms with Gasteiger partial charge in [0, 0.05) is 20.1 Å². The van der Waals surface area contributed by atoms with Crippen molar-refractivity contribution in [1.82, 2.24) is 4.90 Å². The van der Waals surface area contributed by atoms with E-state index >= 15 is 0 Å². The van der Waals surface area contributed by atoms with E-state index in [1.165, 1.54) is 10.8 Å². The SMILES string of the molecule is CN(Cc1ccc2ccccc2c1)C(=O)[C@@H]1CC[C@H](CN)O1. The summed E-state index contributed by atoms with van der Waals surface area (Å²) in [5, 5.41) is 2.41. The molecule has 0 aromatic heterocycles. The Bertz CT molecular complexity index is 671. The molecule has 1 aliphatic rings. The van der Waals surface area contributed by atoms with Crippen LogP contribution >= 0.6 is 0 Å². The van der Waals surface area contributed by atoms with Crippen molar-refractivity contribution in [3.63, 3.8) is 0 Å². The van der Waals surface area contributed by atoms with Crippen molar-refractivity contribution in [2.45, 2.75) is 31.6 Å².